The highest BCUT2D eigenvalue weighted by molar-refractivity contribution is 7.94. The molecule has 3 rings (SSSR count). The lowest BCUT2D eigenvalue weighted by atomic mass is 10.1. The van der Waals surface area contributed by atoms with Crippen LogP contribution in [0.15, 0.2) is 40.6 Å². The third-order valence-electron chi connectivity index (χ3n) is 4.24. The fourth-order valence-electron chi connectivity index (χ4n) is 2.94. The molecule has 1 aromatic carbocycles. The van der Waals surface area contributed by atoms with E-state index in [1.165, 1.54) is 12.1 Å². The van der Waals surface area contributed by atoms with E-state index < -0.39 is 10.0 Å². The number of hydrogen-bond acceptors (Lipinski definition) is 4. The maximum absolute atomic E-state index is 12.3. The summed E-state index contributed by atoms with van der Waals surface area (Å²) in [4.78, 5) is 12.3. The number of amides is 1. The van der Waals surface area contributed by atoms with E-state index in [0.29, 0.717) is 21.5 Å². The van der Waals surface area contributed by atoms with Crippen LogP contribution in [0.5, 0.6) is 0 Å². The molecule has 1 aliphatic carbocycles. The lowest BCUT2D eigenvalue weighted by molar-refractivity contribution is 0.0937. The highest BCUT2D eigenvalue weighted by Crippen LogP contribution is 2.27. The van der Waals surface area contributed by atoms with Gasteiger partial charge in [0, 0.05) is 17.3 Å². The number of carbonyl (C=O) groups is 1. The largest absolute Gasteiger partial charge is 0.349 e. The first-order chi connectivity index (χ1) is 11.8. The lowest BCUT2D eigenvalue weighted by Crippen LogP contribution is -2.32. The van der Waals surface area contributed by atoms with E-state index in [-0.39, 0.29) is 16.2 Å². The van der Waals surface area contributed by atoms with Gasteiger partial charge in [0.1, 0.15) is 4.21 Å². The maximum Gasteiger partial charge on any atom is 0.271 e. The second-order valence-electron chi connectivity index (χ2n) is 6.33. The van der Waals surface area contributed by atoms with E-state index in [1.54, 1.807) is 24.3 Å². The molecule has 8 heteroatoms. The van der Waals surface area contributed by atoms with Crippen molar-refractivity contribution in [3.05, 3.63) is 46.3 Å². The molecule has 0 radical (unpaired) electrons. The molecule has 1 aliphatic rings. The minimum absolute atomic E-state index is 0.126. The fraction of sp³-hybridized carbons (Fsp3) is 0.353. The molecular formula is C17H19ClN2O3S2. The molecule has 1 fully saturated rings. The van der Waals surface area contributed by atoms with Crippen LogP contribution in [0.1, 0.15) is 36.5 Å². The van der Waals surface area contributed by atoms with E-state index >= 15 is 0 Å². The summed E-state index contributed by atoms with van der Waals surface area (Å²) in [5, 5.41) is 3.03. The molecule has 25 heavy (non-hydrogen) atoms. The zero-order valence-electron chi connectivity index (χ0n) is 13.7. The van der Waals surface area contributed by atoms with Gasteiger partial charge in [0.25, 0.3) is 15.9 Å². The zero-order valence-corrected chi connectivity index (χ0v) is 16.0. The molecule has 1 amide bonds. The van der Waals surface area contributed by atoms with Crippen molar-refractivity contribution in [2.24, 2.45) is 5.92 Å². The van der Waals surface area contributed by atoms with Crippen molar-refractivity contribution < 1.29 is 13.2 Å². The molecule has 2 N–H and O–H groups in total. The summed E-state index contributed by atoms with van der Waals surface area (Å²) in [6, 6.07) is 9.62. The van der Waals surface area contributed by atoms with Gasteiger partial charge in [0.2, 0.25) is 0 Å². The highest BCUT2D eigenvalue weighted by Gasteiger charge is 2.23. The average Bonchev–Trinajstić information content (AvgIpc) is 3.16. The predicted molar refractivity (Wildman–Crippen MR) is 101 cm³/mol. The quantitative estimate of drug-likeness (QED) is 0.795. The summed E-state index contributed by atoms with van der Waals surface area (Å²) in [5.41, 5.74) is 0.914. The van der Waals surface area contributed by atoms with Gasteiger partial charge in [-0.15, -0.1) is 11.3 Å². The third-order valence-corrected chi connectivity index (χ3v) is 7.35. The van der Waals surface area contributed by atoms with Gasteiger partial charge in [-0.1, -0.05) is 18.5 Å². The standard InChI is InChI=1S/C17H19ClN2O3S2/c1-11-2-5-14(10-11)19-17(21)12-3-6-13(7-4-12)20-25(22,23)16-9-8-15(18)24-16/h3-4,6-9,11,14,20H,2,5,10H2,1H3,(H,19,21). The van der Waals surface area contributed by atoms with Crippen LogP contribution in [0.3, 0.4) is 0 Å². The molecule has 1 saturated carbocycles. The van der Waals surface area contributed by atoms with Gasteiger partial charge >= 0.3 is 0 Å². The summed E-state index contributed by atoms with van der Waals surface area (Å²) in [6.45, 7) is 2.19. The first-order valence-electron chi connectivity index (χ1n) is 8.02. The van der Waals surface area contributed by atoms with Crippen LogP contribution in [-0.2, 0) is 10.0 Å². The Kier molecular flexibility index (Phi) is 5.36. The first kappa shape index (κ1) is 18.2. The molecular weight excluding hydrogens is 380 g/mol. The van der Waals surface area contributed by atoms with Crippen LogP contribution in [0, 0.1) is 5.92 Å². The maximum atomic E-state index is 12.3. The summed E-state index contributed by atoms with van der Waals surface area (Å²) in [6.07, 6.45) is 3.15. The summed E-state index contributed by atoms with van der Waals surface area (Å²) in [5.74, 6) is 0.520. The molecule has 1 aromatic heterocycles. The van der Waals surface area contributed by atoms with Crippen molar-refractivity contribution in [3.8, 4) is 0 Å². The number of anilines is 1. The second kappa shape index (κ2) is 7.35. The van der Waals surface area contributed by atoms with Crippen LogP contribution in [0.2, 0.25) is 4.34 Å². The molecule has 5 nitrogen and oxygen atoms in total. The van der Waals surface area contributed by atoms with Crippen LogP contribution in [-0.4, -0.2) is 20.4 Å². The Balaban J connectivity index is 1.65. The van der Waals surface area contributed by atoms with Gasteiger partial charge in [-0.25, -0.2) is 8.42 Å². The van der Waals surface area contributed by atoms with Gasteiger partial charge in [-0.3, -0.25) is 9.52 Å². The van der Waals surface area contributed by atoms with Crippen molar-refractivity contribution in [2.45, 2.75) is 36.4 Å². The minimum atomic E-state index is -3.67. The van der Waals surface area contributed by atoms with E-state index in [0.717, 1.165) is 30.6 Å². The number of hydrogen-bond donors (Lipinski definition) is 2. The Hall–Kier alpha value is -1.57. The molecule has 2 atom stereocenters. The zero-order chi connectivity index (χ0) is 18.0. The SMILES string of the molecule is CC1CCC(NC(=O)c2ccc(NS(=O)(=O)c3ccc(Cl)s3)cc2)C1. The predicted octanol–water partition coefficient (Wildman–Crippen LogP) is 4.12. The molecule has 0 spiro atoms. The van der Waals surface area contributed by atoms with Gasteiger partial charge in [0.05, 0.1) is 4.34 Å². The Morgan fingerprint density at radius 1 is 1.16 bits per heavy atom. The molecule has 0 bridgehead atoms. The summed E-state index contributed by atoms with van der Waals surface area (Å²) < 4.78 is 27.6. The molecule has 2 aromatic rings. The Morgan fingerprint density at radius 2 is 1.88 bits per heavy atom. The van der Waals surface area contributed by atoms with Crippen molar-refractivity contribution in [1.29, 1.82) is 0 Å². The van der Waals surface area contributed by atoms with Gasteiger partial charge in [-0.05, 0) is 61.6 Å². The molecule has 1 heterocycles. The second-order valence-corrected chi connectivity index (χ2v) is 9.95. The van der Waals surface area contributed by atoms with E-state index in [2.05, 4.69) is 17.0 Å². The van der Waals surface area contributed by atoms with Crippen molar-refractivity contribution in [3.63, 3.8) is 0 Å². The van der Waals surface area contributed by atoms with E-state index in [1.807, 2.05) is 0 Å². The normalized spacial score (nSPS) is 20.4. The van der Waals surface area contributed by atoms with Crippen molar-refractivity contribution >= 4 is 44.6 Å². The van der Waals surface area contributed by atoms with Gasteiger partial charge < -0.3 is 5.32 Å². The van der Waals surface area contributed by atoms with E-state index in [4.69, 9.17) is 11.6 Å². The van der Waals surface area contributed by atoms with Crippen molar-refractivity contribution in [2.75, 3.05) is 4.72 Å². The van der Waals surface area contributed by atoms with Gasteiger partial charge in [0.15, 0.2) is 0 Å². The molecule has 2 unspecified atom stereocenters. The molecule has 0 saturated heterocycles. The highest BCUT2D eigenvalue weighted by atomic mass is 35.5. The molecule has 0 aliphatic heterocycles. The average molecular weight is 399 g/mol. The number of sulfonamides is 1. The first-order valence-corrected chi connectivity index (χ1v) is 10.7. The number of thiophene rings is 1. The number of benzene rings is 1. The van der Waals surface area contributed by atoms with Crippen LogP contribution >= 0.6 is 22.9 Å². The summed E-state index contributed by atoms with van der Waals surface area (Å²) >= 11 is 6.78. The third kappa shape index (κ3) is 4.54. The van der Waals surface area contributed by atoms with Gasteiger partial charge in [-0.2, -0.15) is 0 Å². The Bertz CT molecular complexity index is 862. The Morgan fingerprint density at radius 3 is 2.44 bits per heavy atom. The number of nitrogens with one attached hydrogen (secondary N) is 2. The molecule has 134 valence electrons. The minimum Gasteiger partial charge on any atom is -0.349 e. The van der Waals surface area contributed by atoms with Crippen LogP contribution < -0.4 is 10.0 Å². The van der Waals surface area contributed by atoms with Crippen LogP contribution in [0.4, 0.5) is 5.69 Å². The van der Waals surface area contributed by atoms with Crippen molar-refractivity contribution in [1.82, 2.24) is 5.32 Å². The van der Waals surface area contributed by atoms with E-state index in [9.17, 15) is 13.2 Å². The Labute approximate surface area is 156 Å². The topological polar surface area (TPSA) is 75.3 Å². The number of halogens is 1. The smallest absolute Gasteiger partial charge is 0.271 e. The monoisotopic (exact) mass is 398 g/mol. The lowest BCUT2D eigenvalue weighted by Gasteiger charge is -2.13. The number of rotatable bonds is 5. The fourth-order valence-corrected chi connectivity index (χ4v) is 5.49. The summed E-state index contributed by atoms with van der Waals surface area (Å²) in [7, 11) is -3.67. The number of carbonyl (C=O) groups excluding carboxylic acids is 1. The van der Waals surface area contributed by atoms with Crippen LogP contribution in [0.25, 0.3) is 0 Å².